The van der Waals surface area contributed by atoms with Crippen molar-refractivity contribution in [3.8, 4) is 0 Å². The fourth-order valence-electron chi connectivity index (χ4n) is 2.59. The van der Waals surface area contributed by atoms with Crippen molar-refractivity contribution in [1.29, 1.82) is 0 Å². The summed E-state index contributed by atoms with van der Waals surface area (Å²) in [5, 5.41) is 6.60. The van der Waals surface area contributed by atoms with Crippen molar-refractivity contribution < 1.29 is 9.53 Å². The van der Waals surface area contributed by atoms with Crippen LogP contribution in [0.5, 0.6) is 0 Å². The van der Waals surface area contributed by atoms with Gasteiger partial charge in [0.25, 0.3) is 0 Å². The fraction of sp³-hybridized carbons (Fsp3) is 0.917. The molecule has 2 rings (SSSR count). The number of hydrogen-bond acceptors (Lipinski definition) is 3. The summed E-state index contributed by atoms with van der Waals surface area (Å²) in [5.74, 6) is 0.698. The third-order valence-electron chi connectivity index (χ3n) is 3.55. The molecule has 1 spiro atoms. The van der Waals surface area contributed by atoms with Crippen molar-refractivity contribution in [3.63, 3.8) is 0 Å². The second-order valence-electron chi connectivity index (χ2n) is 5.44. The van der Waals surface area contributed by atoms with Gasteiger partial charge in [0, 0.05) is 25.3 Å². The molecule has 0 unspecified atom stereocenters. The van der Waals surface area contributed by atoms with E-state index >= 15 is 0 Å². The smallest absolute Gasteiger partial charge is 0.237 e. The lowest BCUT2D eigenvalue weighted by Gasteiger charge is -2.44. The molecule has 0 aromatic heterocycles. The molecule has 16 heavy (non-hydrogen) atoms. The fourth-order valence-corrected chi connectivity index (χ4v) is 2.59. The lowest BCUT2D eigenvalue weighted by molar-refractivity contribution is -0.128. The van der Waals surface area contributed by atoms with E-state index < -0.39 is 0 Å². The summed E-state index contributed by atoms with van der Waals surface area (Å²) in [6, 6.07) is -0.0214. The van der Waals surface area contributed by atoms with Crippen molar-refractivity contribution in [2.75, 3.05) is 19.8 Å². The summed E-state index contributed by atoms with van der Waals surface area (Å²) in [6.07, 6.45) is 2.91. The Morgan fingerprint density at radius 1 is 1.44 bits per heavy atom. The third-order valence-corrected chi connectivity index (χ3v) is 3.55. The second kappa shape index (κ2) is 4.72. The van der Waals surface area contributed by atoms with E-state index in [-0.39, 0.29) is 17.5 Å². The van der Waals surface area contributed by atoms with Gasteiger partial charge in [0.2, 0.25) is 5.91 Å². The molecule has 4 heteroatoms. The van der Waals surface area contributed by atoms with Crippen LogP contribution in [0.2, 0.25) is 0 Å². The molecule has 0 aromatic rings. The van der Waals surface area contributed by atoms with Gasteiger partial charge in [0.05, 0.1) is 6.04 Å². The number of rotatable bonds is 2. The van der Waals surface area contributed by atoms with E-state index in [2.05, 4.69) is 24.5 Å². The molecule has 2 fully saturated rings. The molecule has 2 aliphatic heterocycles. The Bertz CT molecular complexity index is 260. The SMILES string of the molecule is CC(C)C[C@H]1NC2(CCOCC2)CNC1=O. The zero-order chi connectivity index (χ0) is 11.6. The van der Waals surface area contributed by atoms with Crippen molar-refractivity contribution in [2.24, 2.45) is 5.92 Å². The van der Waals surface area contributed by atoms with Crippen molar-refractivity contribution in [3.05, 3.63) is 0 Å². The third kappa shape index (κ3) is 2.55. The highest BCUT2D eigenvalue weighted by molar-refractivity contribution is 5.82. The Labute approximate surface area is 97.1 Å². The number of hydrogen-bond donors (Lipinski definition) is 2. The van der Waals surface area contributed by atoms with E-state index in [1.165, 1.54) is 0 Å². The Hall–Kier alpha value is -0.610. The topological polar surface area (TPSA) is 50.4 Å². The molecule has 0 radical (unpaired) electrons. The van der Waals surface area contributed by atoms with E-state index in [0.717, 1.165) is 39.0 Å². The molecule has 0 saturated carbocycles. The first kappa shape index (κ1) is 11.9. The summed E-state index contributed by atoms with van der Waals surface area (Å²) in [5.41, 5.74) is 0.0890. The number of nitrogens with one attached hydrogen (secondary N) is 2. The van der Waals surface area contributed by atoms with Crippen molar-refractivity contribution in [1.82, 2.24) is 10.6 Å². The van der Waals surface area contributed by atoms with Gasteiger partial charge < -0.3 is 10.1 Å². The van der Waals surface area contributed by atoms with E-state index in [4.69, 9.17) is 4.74 Å². The van der Waals surface area contributed by atoms with Gasteiger partial charge in [-0.25, -0.2) is 0 Å². The Kier molecular flexibility index (Phi) is 3.50. The molecule has 2 N–H and O–H groups in total. The predicted octanol–water partition coefficient (Wildman–Crippen LogP) is 0.670. The molecule has 1 amide bonds. The van der Waals surface area contributed by atoms with Gasteiger partial charge in [0.1, 0.15) is 0 Å². The van der Waals surface area contributed by atoms with Crippen LogP contribution in [0, 0.1) is 5.92 Å². The highest BCUT2D eigenvalue weighted by atomic mass is 16.5. The van der Waals surface area contributed by atoms with E-state index in [1.807, 2.05) is 0 Å². The largest absolute Gasteiger partial charge is 0.381 e. The Balaban J connectivity index is 2.00. The highest BCUT2D eigenvalue weighted by Crippen LogP contribution is 2.24. The summed E-state index contributed by atoms with van der Waals surface area (Å²) in [4.78, 5) is 11.8. The summed E-state index contributed by atoms with van der Waals surface area (Å²) < 4.78 is 5.39. The predicted molar refractivity (Wildman–Crippen MR) is 62.2 cm³/mol. The minimum absolute atomic E-state index is 0.0214. The first-order valence-corrected chi connectivity index (χ1v) is 6.24. The molecule has 92 valence electrons. The summed E-state index contributed by atoms with van der Waals surface area (Å²) in [6.45, 7) is 6.67. The maximum Gasteiger partial charge on any atom is 0.237 e. The maximum atomic E-state index is 11.8. The monoisotopic (exact) mass is 226 g/mol. The Morgan fingerprint density at radius 2 is 2.12 bits per heavy atom. The van der Waals surface area contributed by atoms with Crippen LogP contribution in [0.25, 0.3) is 0 Å². The van der Waals surface area contributed by atoms with Gasteiger partial charge in [-0.3, -0.25) is 10.1 Å². The van der Waals surface area contributed by atoms with Crippen LogP contribution in [-0.4, -0.2) is 37.2 Å². The first-order valence-electron chi connectivity index (χ1n) is 6.24. The van der Waals surface area contributed by atoms with Crippen LogP contribution in [0.15, 0.2) is 0 Å². The van der Waals surface area contributed by atoms with Crippen LogP contribution >= 0.6 is 0 Å². The normalized spacial score (nSPS) is 29.4. The van der Waals surface area contributed by atoms with Crippen LogP contribution in [0.4, 0.5) is 0 Å². The molecule has 2 heterocycles. The standard InChI is InChI=1S/C12H22N2O2/c1-9(2)7-10-11(15)13-8-12(14-10)3-5-16-6-4-12/h9-10,14H,3-8H2,1-2H3,(H,13,15)/t10-/m1/s1. The zero-order valence-corrected chi connectivity index (χ0v) is 10.2. The van der Waals surface area contributed by atoms with E-state index in [1.54, 1.807) is 0 Å². The lowest BCUT2D eigenvalue weighted by Crippen LogP contribution is -2.67. The number of ether oxygens (including phenoxy) is 1. The summed E-state index contributed by atoms with van der Waals surface area (Å²) in [7, 11) is 0. The van der Waals surface area contributed by atoms with Crippen LogP contribution in [-0.2, 0) is 9.53 Å². The van der Waals surface area contributed by atoms with E-state index in [9.17, 15) is 4.79 Å². The molecular weight excluding hydrogens is 204 g/mol. The molecule has 2 saturated heterocycles. The quantitative estimate of drug-likeness (QED) is 0.727. The second-order valence-corrected chi connectivity index (χ2v) is 5.44. The van der Waals surface area contributed by atoms with Crippen LogP contribution in [0.3, 0.4) is 0 Å². The Morgan fingerprint density at radius 3 is 2.75 bits per heavy atom. The zero-order valence-electron chi connectivity index (χ0n) is 10.2. The van der Waals surface area contributed by atoms with Crippen molar-refractivity contribution >= 4 is 5.91 Å². The number of amides is 1. The number of carbonyl (C=O) groups is 1. The van der Waals surface area contributed by atoms with Gasteiger partial charge in [-0.1, -0.05) is 13.8 Å². The number of carbonyl (C=O) groups excluding carboxylic acids is 1. The van der Waals surface area contributed by atoms with Crippen LogP contribution < -0.4 is 10.6 Å². The average molecular weight is 226 g/mol. The molecule has 0 bridgehead atoms. The molecule has 0 aromatic carbocycles. The van der Waals surface area contributed by atoms with Crippen LogP contribution in [0.1, 0.15) is 33.1 Å². The highest BCUT2D eigenvalue weighted by Gasteiger charge is 2.40. The molecule has 4 nitrogen and oxygen atoms in total. The molecule has 0 aliphatic carbocycles. The minimum Gasteiger partial charge on any atom is -0.381 e. The van der Waals surface area contributed by atoms with Gasteiger partial charge in [-0.15, -0.1) is 0 Å². The average Bonchev–Trinajstić information content (AvgIpc) is 2.24. The maximum absolute atomic E-state index is 11.8. The van der Waals surface area contributed by atoms with Gasteiger partial charge in [-0.2, -0.15) is 0 Å². The lowest BCUT2D eigenvalue weighted by atomic mass is 9.85. The minimum atomic E-state index is -0.0214. The van der Waals surface area contributed by atoms with Gasteiger partial charge in [-0.05, 0) is 25.2 Å². The number of piperazine rings is 1. The van der Waals surface area contributed by atoms with E-state index in [0.29, 0.717) is 5.92 Å². The molecular formula is C12H22N2O2. The summed E-state index contributed by atoms with van der Waals surface area (Å²) >= 11 is 0. The molecule has 1 atom stereocenters. The first-order chi connectivity index (χ1) is 7.61. The van der Waals surface area contributed by atoms with Crippen molar-refractivity contribution in [2.45, 2.75) is 44.7 Å². The van der Waals surface area contributed by atoms with Gasteiger partial charge in [0.15, 0.2) is 0 Å². The molecule has 2 aliphatic rings. The van der Waals surface area contributed by atoms with Gasteiger partial charge >= 0.3 is 0 Å².